The van der Waals surface area contributed by atoms with E-state index in [0.717, 1.165) is 18.5 Å². The molecule has 3 aromatic heterocycles. The molecule has 10 nitrogen and oxygen atoms in total. The van der Waals surface area contributed by atoms with Crippen molar-refractivity contribution in [3.8, 4) is 0 Å². The highest BCUT2D eigenvalue weighted by Crippen LogP contribution is 2.27. The normalized spacial score (nSPS) is 10.8. The number of carbonyl (C=O) groups is 1. The van der Waals surface area contributed by atoms with Crippen LogP contribution >= 0.6 is 22.9 Å². The van der Waals surface area contributed by atoms with Crippen LogP contribution in [0.4, 0.5) is 22.7 Å². The summed E-state index contributed by atoms with van der Waals surface area (Å²) in [4.78, 5) is 34.8. The van der Waals surface area contributed by atoms with Crippen molar-refractivity contribution in [2.45, 2.75) is 33.2 Å². The van der Waals surface area contributed by atoms with Gasteiger partial charge < -0.3 is 15.2 Å². The van der Waals surface area contributed by atoms with Gasteiger partial charge in [0.1, 0.15) is 10.7 Å². The molecule has 1 aromatic carbocycles. The van der Waals surface area contributed by atoms with E-state index in [0.29, 0.717) is 51.4 Å². The molecule has 0 fully saturated rings. The molecule has 0 spiro atoms. The zero-order valence-corrected chi connectivity index (χ0v) is 20.3. The highest BCUT2D eigenvalue weighted by molar-refractivity contribution is 7.17. The van der Waals surface area contributed by atoms with Crippen LogP contribution in [-0.2, 0) is 13.0 Å². The second kappa shape index (κ2) is 11.0. The number of hydrogen-bond acceptors (Lipinski definition) is 9. The molecule has 0 aliphatic carbocycles. The predicted octanol–water partition coefficient (Wildman–Crippen LogP) is 4.55. The number of amides is 1. The van der Waals surface area contributed by atoms with E-state index in [1.807, 2.05) is 36.7 Å². The maximum atomic E-state index is 12.7. The van der Waals surface area contributed by atoms with Gasteiger partial charge in [-0.15, -0.1) is 0 Å². The summed E-state index contributed by atoms with van der Waals surface area (Å²) in [6.45, 7) is 5.41. The molecule has 0 radical (unpaired) electrons. The standard InChI is InChI=1S/C22H24ClN9OS/c1-3-17-27-20(25-8-5-10-32-11-9-24-13-32)30-21(28-17)31-22-26-12-16(34-22)19(33)29-18-14(2)6-4-7-15(18)23/h4,6-7,9,11-13H,3,5,8,10H2,1-2H3,(H,29,33)(H2,25,26,27,28,30,31). The number of rotatable bonds is 10. The summed E-state index contributed by atoms with van der Waals surface area (Å²) in [6.07, 6.45) is 8.53. The van der Waals surface area contributed by atoms with Gasteiger partial charge in [0.05, 0.1) is 23.2 Å². The smallest absolute Gasteiger partial charge is 0.267 e. The van der Waals surface area contributed by atoms with Crippen molar-refractivity contribution in [3.05, 3.63) is 64.4 Å². The van der Waals surface area contributed by atoms with Crippen molar-refractivity contribution in [1.29, 1.82) is 0 Å². The van der Waals surface area contributed by atoms with Crippen molar-refractivity contribution < 1.29 is 4.79 Å². The Morgan fingerprint density at radius 3 is 2.82 bits per heavy atom. The number of aryl methyl sites for hydroxylation is 3. The molecule has 4 aromatic rings. The first-order chi connectivity index (χ1) is 16.5. The Morgan fingerprint density at radius 2 is 2.06 bits per heavy atom. The van der Waals surface area contributed by atoms with Gasteiger partial charge in [-0.1, -0.05) is 42.0 Å². The summed E-state index contributed by atoms with van der Waals surface area (Å²) < 4.78 is 2.02. The van der Waals surface area contributed by atoms with Crippen LogP contribution in [0.25, 0.3) is 0 Å². The van der Waals surface area contributed by atoms with Gasteiger partial charge in [-0.2, -0.15) is 15.0 Å². The summed E-state index contributed by atoms with van der Waals surface area (Å²) in [5, 5.41) is 10.2. The van der Waals surface area contributed by atoms with Crippen LogP contribution in [0.15, 0.2) is 43.1 Å². The fourth-order valence-electron chi connectivity index (χ4n) is 3.09. The van der Waals surface area contributed by atoms with Crippen molar-refractivity contribution in [2.24, 2.45) is 0 Å². The summed E-state index contributed by atoms with van der Waals surface area (Å²) in [6, 6.07) is 5.46. The average Bonchev–Trinajstić information content (AvgIpc) is 3.51. The second-order valence-corrected chi connectivity index (χ2v) is 8.81. The molecular formula is C22H24ClN9OS. The average molecular weight is 498 g/mol. The van der Waals surface area contributed by atoms with Crippen molar-refractivity contribution in [3.63, 3.8) is 0 Å². The van der Waals surface area contributed by atoms with Gasteiger partial charge in [-0.3, -0.25) is 10.1 Å². The maximum absolute atomic E-state index is 12.7. The van der Waals surface area contributed by atoms with Crippen molar-refractivity contribution in [1.82, 2.24) is 29.5 Å². The van der Waals surface area contributed by atoms with Gasteiger partial charge in [0.2, 0.25) is 11.9 Å². The van der Waals surface area contributed by atoms with Crippen LogP contribution in [0.5, 0.6) is 0 Å². The second-order valence-electron chi connectivity index (χ2n) is 7.37. The molecule has 1 amide bonds. The molecule has 0 unspecified atom stereocenters. The molecule has 176 valence electrons. The molecule has 4 rings (SSSR count). The number of hydrogen-bond donors (Lipinski definition) is 3. The molecule has 0 atom stereocenters. The molecule has 3 heterocycles. The number of nitrogens with zero attached hydrogens (tertiary/aromatic N) is 6. The van der Waals surface area contributed by atoms with Gasteiger partial charge in [-0.25, -0.2) is 9.97 Å². The van der Waals surface area contributed by atoms with E-state index in [1.165, 1.54) is 17.5 Å². The number of halogens is 1. The molecule has 0 saturated heterocycles. The Kier molecular flexibility index (Phi) is 7.65. The number of aromatic nitrogens is 6. The number of imidazole rings is 1. The first-order valence-corrected chi connectivity index (χ1v) is 11.9. The number of para-hydroxylation sites is 1. The molecule has 3 N–H and O–H groups in total. The lowest BCUT2D eigenvalue weighted by Crippen LogP contribution is -2.12. The number of carbonyl (C=O) groups excluding carboxylic acids is 1. The third-order valence-corrected chi connectivity index (χ3v) is 6.07. The minimum Gasteiger partial charge on any atom is -0.354 e. The van der Waals surface area contributed by atoms with Gasteiger partial charge in [-0.05, 0) is 25.0 Å². The first-order valence-electron chi connectivity index (χ1n) is 10.8. The Labute approximate surface area is 205 Å². The molecular weight excluding hydrogens is 474 g/mol. The first kappa shape index (κ1) is 23.6. The van der Waals surface area contributed by atoms with Crippen LogP contribution < -0.4 is 16.0 Å². The molecule has 0 aliphatic rings. The predicted molar refractivity (Wildman–Crippen MR) is 134 cm³/mol. The summed E-state index contributed by atoms with van der Waals surface area (Å²) in [5.74, 6) is 1.22. The van der Waals surface area contributed by atoms with E-state index in [2.05, 4.69) is 40.9 Å². The highest BCUT2D eigenvalue weighted by Gasteiger charge is 2.15. The van der Waals surface area contributed by atoms with Crippen LogP contribution in [0.1, 0.15) is 34.4 Å². The topological polar surface area (TPSA) is 123 Å². The largest absolute Gasteiger partial charge is 0.354 e. The maximum Gasteiger partial charge on any atom is 0.267 e. The Balaban J connectivity index is 1.39. The lowest BCUT2D eigenvalue weighted by molar-refractivity contribution is 0.103. The fraction of sp³-hybridized carbons (Fsp3) is 0.273. The lowest BCUT2D eigenvalue weighted by atomic mass is 10.2. The Bertz CT molecular complexity index is 1240. The number of anilines is 4. The van der Waals surface area contributed by atoms with Crippen molar-refractivity contribution in [2.75, 3.05) is 22.5 Å². The van der Waals surface area contributed by atoms with E-state index < -0.39 is 0 Å². The van der Waals surface area contributed by atoms with Crippen LogP contribution in [0.2, 0.25) is 5.02 Å². The summed E-state index contributed by atoms with van der Waals surface area (Å²) in [7, 11) is 0. The summed E-state index contributed by atoms with van der Waals surface area (Å²) >= 11 is 7.42. The zero-order chi connectivity index (χ0) is 23.9. The quantitative estimate of drug-likeness (QED) is 0.273. The monoisotopic (exact) mass is 497 g/mol. The van der Waals surface area contributed by atoms with E-state index in [4.69, 9.17) is 11.6 Å². The number of nitrogens with one attached hydrogen (secondary N) is 3. The third-order valence-electron chi connectivity index (χ3n) is 4.84. The molecule has 0 saturated carbocycles. The van der Waals surface area contributed by atoms with Crippen molar-refractivity contribution >= 4 is 51.6 Å². The van der Waals surface area contributed by atoms with Gasteiger partial charge in [0, 0.05) is 31.9 Å². The fourth-order valence-corrected chi connectivity index (χ4v) is 4.07. The summed E-state index contributed by atoms with van der Waals surface area (Å²) in [5.41, 5.74) is 1.47. The molecule has 0 aliphatic heterocycles. The van der Waals surface area contributed by atoms with E-state index >= 15 is 0 Å². The van der Waals surface area contributed by atoms with Crippen LogP contribution in [-0.4, -0.2) is 41.9 Å². The molecule has 0 bridgehead atoms. The zero-order valence-electron chi connectivity index (χ0n) is 18.7. The minimum absolute atomic E-state index is 0.285. The van der Waals surface area contributed by atoms with Gasteiger partial charge >= 0.3 is 0 Å². The molecule has 34 heavy (non-hydrogen) atoms. The number of benzene rings is 1. The highest BCUT2D eigenvalue weighted by atomic mass is 35.5. The van der Waals surface area contributed by atoms with Gasteiger partial charge in [0.25, 0.3) is 5.91 Å². The van der Waals surface area contributed by atoms with Crippen LogP contribution in [0, 0.1) is 6.92 Å². The third kappa shape index (κ3) is 6.06. The Morgan fingerprint density at radius 1 is 1.21 bits per heavy atom. The van der Waals surface area contributed by atoms with E-state index in [9.17, 15) is 4.79 Å². The lowest BCUT2D eigenvalue weighted by Gasteiger charge is -2.09. The SMILES string of the molecule is CCc1nc(NCCCn2ccnc2)nc(Nc2ncc(C(=O)Nc3c(C)cccc3Cl)s2)n1. The molecule has 12 heteroatoms. The van der Waals surface area contributed by atoms with E-state index in [1.54, 1.807) is 18.6 Å². The number of thiazole rings is 1. The minimum atomic E-state index is -0.285. The van der Waals surface area contributed by atoms with Crippen LogP contribution in [0.3, 0.4) is 0 Å². The van der Waals surface area contributed by atoms with E-state index in [-0.39, 0.29) is 5.91 Å². The Hall–Kier alpha value is -3.57. The van der Waals surface area contributed by atoms with Gasteiger partial charge in [0.15, 0.2) is 5.13 Å².